The molecule has 0 spiro atoms. The first-order valence-corrected chi connectivity index (χ1v) is 12.8. The third kappa shape index (κ3) is 6.60. The molecule has 4 rings (SSSR count). The predicted octanol–water partition coefficient (Wildman–Crippen LogP) is 4.48. The fourth-order valence-electron chi connectivity index (χ4n) is 5.05. The lowest BCUT2D eigenvalue weighted by Crippen LogP contribution is -2.41. The lowest BCUT2D eigenvalue weighted by molar-refractivity contribution is 0.0600. The van der Waals surface area contributed by atoms with E-state index in [9.17, 15) is 14.7 Å². The van der Waals surface area contributed by atoms with Gasteiger partial charge in [-0.15, -0.1) is 0 Å². The summed E-state index contributed by atoms with van der Waals surface area (Å²) in [6.07, 6.45) is 1.69. The highest BCUT2D eigenvalue weighted by molar-refractivity contribution is 5.97. The third-order valence-corrected chi connectivity index (χ3v) is 7.19. The van der Waals surface area contributed by atoms with Gasteiger partial charge in [0.15, 0.2) is 5.78 Å². The van der Waals surface area contributed by atoms with E-state index >= 15 is 0 Å². The number of aliphatic hydroxyl groups excluding tert-OH is 1. The number of ether oxygens (including phenoxy) is 3. The van der Waals surface area contributed by atoms with Gasteiger partial charge in [0.1, 0.15) is 11.5 Å². The molecule has 0 aliphatic heterocycles. The minimum Gasteiger partial charge on any atom is -0.497 e. The minimum atomic E-state index is -0.679. The lowest BCUT2D eigenvalue weighted by Gasteiger charge is -2.31. The maximum absolute atomic E-state index is 12.8. The van der Waals surface area contributed by atoms with Crippen molar-refractivity contribution in [3.05, 3.63) is 94.5 Å². The van der Waals surface area contributed by atoms with Crippen LogP contribution in [-0.4, -0.2) is 61.8 Å². The number of nitrogens with zero attached hydrogens (tertiary/aromatic N) is 1. The molecule has 1 unspecified atom stereocenters. The molecule has 7 nitrogen and oxygen atoms in total. The Kier molecular flexibility index (Phi) is 9.15. The fraction of sp³-hybridized carbons (Fsp3) is 0.355. The van der Waals surface area contributed by atoms with Crippen molar-refractivity contribution in [1.29, 1.82) is 0 Å². The van der Waals surface area contributed by atoms with E-state index < -0.39 is 12.1 Å². The van der Waals surface area contributed by atoms with Gasteiger partial charge in [-0.1, -0.05) is 42.5 Å². The average molecular weight is 518 g/mol. The Morgan fingerprint density at radius 3 is 2.18 bits per heavy atom. The van der Waals surface area contributed by atoms with E-state index in [1.165, 1.54) is 18.2 Å². The summed E-state index contributed by atoms with van der Waals surface area (Å²) < 4.78 is 15.7. The molecule has 3 aromatic carbocycles. The van der Waals surface area contributed by atoms with E-state index in [1.807, 2.05) is 18.2 Å². The highest BCUT2D eigenvalue weighted by Gasteiger charge is 2.29. The second-order valence-corrected chi connectivity index (χ2v) is 9.62. The Hall–Kier alpha value is -3.68. The molecule has 0 aromatic heterocycles. The molecule has 1 aliphatic rings. The van der Waals surface area contributed by atoms with E-state index in [0.717, 1.165) is 29.9 Å². The Bertz CT molecular complexity index is 1230. The number of rotatable bonds is 12. The second-order valence-electron chi connectivity index (χ2n) is 9.62. The SMILES string of the molecule is COC(=O)c1ccc(C(=O)CCC(O)CN(Cc2ccc(OC)cc2OC)C2Cc3ccccc3C2)cc1. The molecule has 3 aromatic rings. The largest absolute Gasteiger partial charge is 0.497 e. The van der Waals surface area contributed by atoms with Crippen LogP contribution in [0.1, 0.15) is 50.2 Å². The zero-order valence-corrected chi connectivity index (χ0v) is 22.2. The summed E-state index contributed by atoms with van der Waals surface area (Å²) in [7, 11) is 4.59. The summed E-state index contributed by atoms with van der Waals surface area (Å²) in [6.45, 7) is 1.04. The standard InChI is InChI=1S/C31H35NO6/c1-36-28-14-12-25(30(18-28)37-2)19-32(26-16-23-6-4-5-7-24(23)17-26)20-27(33)13-15-29(34)21-8-10-22(11-9-21)31(35)38-3/h4-12,14,18,26-27,33H,13,15-17,19-20H2,1-3H3. The summed E-state index contributed by atoms with van der Waals surface area (Å²) in [4.78, 5) is 26.7. The molecule has 38 heavy (non-hydrogen) atoms. The van der Waals surface area contributed by atoms with Crippen LogP contribution in [0, 0.1) is 0 Å². The van der Waals surface area contributed by atoms with Crippen LogP contribution < -0.4 is 9.47 Å². The molecule has 0 saturated carbocycles. The normalized spacial score (nSPS) is 13.7. The van der Waals surface area contributed by atoms with Gasteiger partial charge in [0.25, 0.3) is 0 Å². The van der Waals surface area contributed by atoms with Crippen molar-refractivity contribution >= 4 is 11.8 Å². The molecule has 0 bridgehead atoms. The first-order valence-electron chi connectivity index (χ1n) is 12.8. The Morgan fingerprint density at radius 2 is 1.58 bits per heavy atom. The van der Waals surface area contributed by atoms with Crippen LogP contribution in [0.4, 0.5) is 0 Å². The van der Waals surface area contributed by atoms with Crippen LogP contribution in [0.15, 0.2) is 66.7 Å². The highest BCUT2D eigenvalue weighted by atomic mass is 16.5. The van der Waals surface area contributed by atoms with Gasteiger partial charge in [-0.2, -0.15) is 0 Å². The van der Waals surface area contributed by atoms with E-state index in [-0.39, 0.29) is 18.2 Å². The average Bonchev–Trinajstić information content (AvgIpc) is 3.39. The zero-order valence-electron chi connectivity index (χ0n) is 22.2. The molecule has 0 fully saturated rings. The van der Waals surface area contributed by atoms with E-state index in [4.69, 9.17) is 14.2 Å². The molecule has 0 heterocycles. The number of ketones is 1. The predicted molar refractivity (Wildman–Crippen MR) is 145 cm³/mol. The highest BCUT2D eigenvalue weighted by Crippen LogP contribution is 2.30. The zero-order chi connectivity index (χ0) is 27.1. The van der Waals surface area contributed by atoms with Gasteiger partial charge in [0.05, 0.1) is 33.0 Å². The maximum atomic E-state index is 12.8. The van der Waals surface area contributed by atoms with Crippen molar-refractivity contribution in [2.45, 2.75) is 44.4 Å². The topological polar surface area (TPSA) is 85.3 Å². The van der Waals surface area contributed by atoms with E-state index in [0.29, 0.717) is 30.6 Å². The Labute approximate surface area is 224 Å². The quantitative estimate of drug-likeness (QED) is 0.280. The lowest BCUT2D eigenvalue weighted by atomic mass is 10.0. The number of carbonyl (C=O) groups is 2. The molecule has 0 saturated heterocycles. The molecule has 1 aliphatic carbocycles. The number of hydrogen-bond donors (Lipinski definition) is 1. The summed E-state index contributed by atoms with van der Waals surface area (Å²) in [5.74, 6) is 0.952. The smallest absolute Gasteiger partial charge is 0.337 e. The van der Waals surface area contributed by atoms with Crippen molar-refractivity contribution < 1.29 is 28.9 Å². The van der Waals surface area contributed by atoms with Crippen LogP contribution in [-0.2, 0) is 24.1 Å². The number of methoxy groups -OCH3 is 3. The molecule has 7 heteroatoms. The fourth-order valence-corrected chi connectivity index (χ4v) is 5.05. The molecule has 1 N–H and O–H groups in total. The minimum absolute atomic E-state index is 0.0721. The van der Waals surface area contributed by atoms with Crippen molar-refractivity contribution in [1.82, 2.24) is 4.90 Å². The number of fused-ring (bicyclic) bond motifs is 1. The molecule has 200 valence electrons. The summed E-state index contributed by atoms with van der Waals surface area (Å²) in [6, 6.07) is 20.9. The number of carbonyl (C=O) groups excluding carboxylic acids is 2. The van der Waals surface area contributed by atoms with Gasteiger partial charge in [0, 0.05) is 42.7 Å². The number of benzene rings is 3. The van der Waals surface area contributed by atoms with Crippen molar-refractivity contribution in [2.24, 2.45) is 0 Å². The number of Topliss-reactive ketones (excluding diaryl/α,β-unsaturated/α-hetero) is 1. The van der Waals surface area contributed by atoms with Gasteiger partial charge in [-0.3, -0.25) is 9.69 Å². The van der Waals surface area contributed by atoms with E-state index in [2.05, 4.69) is 29.2 Å². The Balaban J connectivity index is 1.43. The van der Waals surface area contributed by atoms with Crippen LogP contribution in [0.5, 0.6) is 11.5 Å². The summed E-state index contributed by atoms with van der Waals surface area (Å²) in [5, 5.41) is 11.0. The van der Waals surface area contributed by atoms with Crippen LogP contribution in [0.25, 0.3) is 0 Å². The van der Waals surface area contributed by atoms with Crippen molar-refractivity contribution in [3.63, 3.8) is 0 Å². The summed E-state index contributed by atoms with van der Waals surface area (Å²) in [5.41, 5.74) is 4.59. The van der Waals surface area contributed by atoms with Crippen molar-refractivity contribution in [2.75, 3.05) is 27.9 Å². The van der Waals surface area contributed by atoms with E-state index in [1.54, 1.807) is 38.5 Å². The monoisotopic (exact) mass is 517 g/mol. The van der Waals surface area contributed by atoms with Gasteiger partial charge < -0.3 is 19.3 Å². The van der Waals surface area contributed by atoms with Crippen LogP contribution in [0.3, 0.4) is 0 Å². The second kappa shape index (κ2) is 12.7. The number of esters is 1. The maximum Gasteiger partial charge on any atom is 0.337 e. The Morgan fingerprint density at radius 1 is 0.921 bits per heavy atom. The molecule has 0 amide bonds. The van der Waals surface area contributed by atoms with Crippen LogP contribution in [0.2, 0.25) is 0 Å². The van der Waals surface area contributed by atoms with Gasteiger partial charge in [0.2, 0.25) is 0 Å². The van der Waals surface area contributed by atoms with Crippen molar-refractivity contribution in [3.8, 4) is 11.5 Å². The van der Waals surface area contributed by atoms with Gasteiger partial charge in [-0.25, -0.2) is 4.79 Å². The molecular formula is C31H35NO6. The first-order chi connectivity index (χ1) is 18.4. The summed E-state index contributed by atoms with van der Waals surface area (Å²) >= 11 is 0. The third-order valence-electron chi connectivity index (χ3n) is 7.19. The first kappa shape index (κ1) is 27.4. The van der Waals surface area contributed by atoms with Crippen LogP contribution >= 0.6 is 0 Å². The molecular weight excluding hydrogens is 482 g/mol. The molecule has 1 atom stereocenters. The number of aliphatic hydroxyl groups is 1. The number of hydrogen-bond acceptors (Lipinski definition) is 7. The van der Waals surface area contributed by atoms with Gasteiger partial charge in [-0.05, 0) is 48.6 Å². The van der Waals surface area contributed by atoms with Gasteiger partial charge >= 0.3 is 5.97 Å². The molecule has 0 radical (unpaired) electrons.